The molecule has 1 aromatic carbocycles. The fourth-order valence-corrected chi connectivity index (χ4v) is 5.22. The highest BCUT2D eigenvalue weighted by molar-refractivity contribution is 7.16. The minimum Gasteiger partial charge on any atom is -0.312 e. The van der Waals surface area contributed by atoms with E-state index in [1.54, 1.807) is 30.7 Å². The van der Waals surface area contributed by atoms with Crippen LogP contribution < -0.4 is 5.32 Å². The first-order valence-corrected chi connectivity index (χ1v) is 10.8. The van der Waals surface area contributed by atoms with E-state index >= 15 is 0 Å². The molecule has 4 rings (SSSR count). The lowest BCUT2D eigenvalue weighted by Crippen LogP contribution is -2.12. The summed E-state index contributed by atoms with van der Waals surface area (Å²) in [6, 6.07) is 9.29. The maximum Gasteiger partial charge on any atom is 0.312 e. The number of aromatic nitrogens is 2. The average molecular weight is 436 g/mol. The van der Waals surface area contributed by atoms with Crippen LogP contribution in [0.1, 0.15) is 56.2 Å². The molecule has 0 atom stereocenters. The number of fused-ring (bicyclic) bond motifs is 1. The molecule has 0 spiro atoms. The van der Waals surface area contributed by atoms with Gasteiger partial charge in [0.25, 0.3) is 5.91 Å². The molecule has 9 heteroatoms. The molecular formula is C22H21N5O3S. The molecule has 2 aromatic heterocycles. The van der Waals surface area contributed by atoms with Crippen LogP contribution in [0.25, 0.3) is 0 Å². The number of hydrogen-bond donors (Lipinski definition) is 1. The molecule has 3 aromatic rings. The smallest absolute Gasteiger partial charge is 0.312 e. The van der Waals surface area contributed by atoms with Crippen LogP contribution in [0.15, 0.2) is 24.3 Å². The van der Waals surface area contributed by atoms with Crippen molar-refractivity contribution < 1.29 is 9.72 Å². The van der Waals surface area contributed by atoms with Gasteiger partial charge in [0.1, 0.15) is 22.5 Å². The molecule has 158 valence electrons. The number of carbonyl (C=O) groups excluding carboxylic acids is 1. The largest absolute Gasteiger partial charge is 0.312 e. The van der Waals surface area contributed by atoms with E-state index in [-0.39, 0.29) is 11.6 Å². The van der Waals surface area contributed by atoms with Crippen LogP contribution in [-0.2, 0) is 19.4 Å². The first kappa shape index (κ1) is 20.8. The zero-order valence-electron chi connectivity index (χ0n) is 17.3. The first-order valence-electron chi connectivity index (χ1n) is 10.0. The number of nitriles is 1. The maximum atomic E-state index is 12.7. The lowest BCUT2D eigenvalue weighted by atomic mass is 9.96. The molecule has 1 aliphatic rings. The number of carbonyl (C=O) groups is 1. The summed E-state index contributed by atoms with van der Waals surface area (Å²) < 4.78 is 1.60. The standard InChI is InChI=1S/C22H21N5O3S/c1-13-20(27(29)30)14(2)26(25-13)12-15-7-9-16(10-8-15)21(28)24-22-18(11-23)17-5-3-4-6-19(17)31-22/h7-10H,3-6,12H2,1-2H3,(H,24,28). The molecule has 0 bridgehead atoms. The van der Waals surface area contributed by atoms with E-state index in [0.717, 1.165) is 36.8 Å². The summed E-state index contributed by atoms with van der Waals surface area (Å²) in [6.45, 7) is 3.67. The zero-order chi connectivity index (χ0) is 22.1. The van der Waals surface area contributed by atoms with Gasteiger partial charge < -0.3 is 5.32 Å². The van der Waals surface area contributed by atoms with Gasteiger partial charge in [-0.05, 0) is 62.8 Å². The minimum atomic E-state index is -0.417. The molecule has 8 nitrogen and oxygen atoms in total. The van der Waals surface area contributed by atoms with Crippen molar-refractivity contribution in [2.24, 2.45) is 0 Å². The number of amides is 1. The highest BCUT2D eigenvalue weighted by atomic mass is 32.1. The summed E-state index contributed by atoms with van der Waals surface area (Å²) in [7, 11) is 0. The third kappa shape index (κ3) is 3.94. The molecule has 1 aliphatic carbocycles. The summed E-state index contributed by atoms with van der Waals surface area (Å²) in [4.78, 5) is 24.7. The van der Waals surface area contributed by atoms with Crippen molar-refractivity contribution in [2.75, 3.05) is 5.32 Å². The highest BCUT2D eigenvalue weighted by Gasteiger charge is 2.23. The Bertz CT molecular complexity index is 1220. The molecule has 0 unspecified atom stereocenters. The number of thiophene rings is 1. The van der Waals surface area contributed by atoms with Crippen LogP contribution in [-0.4, -0.2) is 20.6 Å². The van der Waals surface area contributed by atoms with E-state index in [1.165, 1.54) is 16.2 Å². The highest BCUT2D eigenvalue weighted by Crippen LogP contribution is 2.37. The average Bonchev–Trinajstić information content (AvgIpc) is 3.24. The first-order chi connectivity index (χ1) is 14.9. The predicted octanol–water partition coefficient (Wildman–Crippen LogP) is 4.52. The van der Waals surface area contributed by atoms with Gasteiger partial charge in [0.15, 0.2) is 0 Å². The lowest BCUT2D eigenvalue weighted by Gasteiger charge is -2.09. The molecule has 0 saturated heterocycles. The van der Waals surface area contributed by atoms with Gasteiger partial charge in [0, 0.05) is 10.4 Å². The Kier molecular flexibility index (Phi) is 5.57. The van der Waals surface area contributed by atoms with Crippen molar-refractivity contribution in [3.05, 3.63) is 72.9 Å². The number of anilines is 1. The second-order valence-electron chi connectivity index (χ2n) is 7.61. The van der Waals surface area contributed by atoms with Crippen LogP contribution in [0, 0.1) is 35.3 Å². The predicted molar refractivity (Wildman–Crippen MR) is 118 cm³/mol. The van der Waals surface area contributed by atoms with Gasteiger partial charge in [0.05, 0.1) is 17.0 Å². The number of rotatable bonds is 5. The molecule has 0 aliphatic heterocycles. The molecular weight excluding hydrogens is 414 g/mol. The Morgan fingerprint density at radius 1 is 1.29 bits per heavy atom. The van der Waals surface area contributed by atoms with E-state index in [1.807, 2.05) is 12.1 Å². The third-order valence-corrected chi connectivity index (χ3v) is 6.79. The number of hydrogen-bond acceptors (Lipinski definition) is 6. The number of benzene rings is 1. The van der Waals surface area contributed by atoms with E-state index in [0.29, 0.717) is 34.1 Å². The Morgan fingerprint density at radius 2 is 2.00 bits per heavy atom. The molecule has 31 heavy (non-hydrogen) atoms. The van der Waals surface area contributed by atoms with Crippen molar-refractivity contribution in [3.63, 3.8) is 0 Å². The molecule has 0 radical (unpaired) electrons. The van der Waals surface area contributed by atoms with Gasteiger partial charge in [-0.1, -0.05) is 12.1 Å². The Morgan fingerprint density at radius 3 is 2.65 bits per heavy atom. The monoisotopic (exact) mass is 435 g/mol. The van der Waals surface area contributed by atoms with Crippen LogP contribution in [0.3, 0.4) is 0 Å². The minimum absolute atomic E-state index is 0.0305. The number of nitro groups is 1. The van der Waals surface area contributed by atoms with Crippen molar-refractivity contribution in [1.29, 1.82) is 5.26 Å². The van der Waals surface area contributed by atoms with Crippen molar-refractivity contribution in [3.8, 4) is 6.07 Å². The molecule has 2 heterocycles. The van der Waals surface area contributed by atoms with E-state index in [2.05, 4.69) is 16.5 Å². The van der Waals surface area contributed by atoms with Crippen molar-refractivity contribution in [2.45, 2.75) is 46.1 Å². The maximum absolute atomic E-state index is 12.7. The lowest BCUT2D eigenvalue weighted by molar-refractivity contribution is -0.386. The number of nitrogens with one attached hydrogen (secondary N) is 1. The van der Waals surface area contributed by atoms with Crippen LogP contribution >= 0.6 is 11.3 Å². The summed E-state index contributed by atoms with van der Waals surface area (Å²) >= 11 is 1.50. The van der Waals surface area contributed by atoms with Gasteiger partial charge >= 0.3 is 5.69 Å². The fourth-order valence-electron chi connectivity index (χ4n) is 3.99. The van der Waals surface area contributed by atoms with E-state index in [9.17, 15) is 20.2 Å². The Labute approximate surface area is 183 Å². The second-order valence-corrected chi connectivity index (χ2v) is 8.72. The van der Waals surface area contributed by atoms with E-state index < -0.39 is 4.92 Å². The Balaban J connectivity index is 1.50. The summed E-state index contributed by atoms with van der Waals surface area (Å²) in [5, 5.41) is 28.5. The van der Waals surface area contributed by atoms with E-state index in [4.69, 9.17) is 0 Å². The normalized spacial score (nSPS) is 12.8. The summed E-state index contributed by atoms with van der Waals surface area (Å²) in [6.07, 6.45) is 4.05. The van der Waals surface area contributed by atoms with Crippen LogP contribution in [0.2, 0.25) is 0 Å². The zero-order valence-corrected chi connectivity index (χ0v) is 18.1. The number of aryl methyl sites for hydroxylation is 2. The van der Waals surface area contributed by atoms with Crippen LogP contribution in [0.4, 0.5) is 10.7 Å². The summed E-state index contributed by atoms with van der Waals surface area (Å²) in [5.74, 6) is -0.261. The van der Waals surface area contributed by atoms with Gasteiger partial charge in [-0.3, -0.25) is 19.6 Å². The molecule has 1 N–H and O–H groups in total. The Hall–Kier alpha value is -3.51. The fraction of sp³-hybridized carbons (Fsp3) is 0.318. The van der Waals surface area contributed by atoms with Gasteiger partial charge in [-0.25, -0.2) is 0 Å². The molecule has 0 saturated carbocycles. The number of nitrogens with zero attached hydrogens (tertiary/aromatic N) is 4. The van der Waals surface area contributed by atoms with Crippen LogP contribution in [0.5, 0.6) is 0 Å². The molecule has 1 amide bonds. The van der Waals surface area contributed by atoms with Crippen molar-refractivity contribution in [1.82, 2.24) is 9.78 Å². The SMILES string of the molecule is Cc1nn(Cc2ccc(C(=O)Nc3sc4c(c3C#N)CCCC4)cc2)c(C)c1[N+](=O)[O-]. The van der Waals surface area contributed by atoms with Gasteiger partial charge in [0.2, 0.25) is 0 Å². The van der Waals surface area contributed by atoms with Crippen molar-refractivity contribution >= 4 is 27.9 Å². The third-order valence-electron chi connectivity index (χ3n) is 5.58. The van der Waals surface area contributed by atoms with Gasteiger partial charge in [-0.2, -0.15) is 10.4 Å². The van der Waals surface area contributed by atoms with Gasteiger partial charge in [-0.15, -0.1) is 11.3 Å². The summed E-state index contributed by atoms with van der Waals surface area (Å²) in [5.41, 5.74) is 3.95. The topological polar surface area (TPSA) is 114 Å². The quantitative estimate of drug-likeness (QED) is 0.467. The second kappa shape index (κ2) is 8.32. The molecule has 0 fully saturated rings.